The van der Waals surface area contributed by atoms with E-state index in [1.165, 1.54) is 0 Å². The largest absolute Gasteiger partial charge is 0.492 e. The second kappa shape index (κ2) is 7.67. The van der Waals surface area contributed by atoms with E-state index in [0.29, 0.717) is 6.61 Å². The lowest BCUT2D eigenvalue weighted by Gasteiger charge is -2.11. The number of nitrogens with one attached hydrogen (secondary N) is 1. The summed E-state index contributed by atoms with van der Waals surface area (Å²) in [5, 5.41) is 14.0. The van der Waals surface area contributed by atoms with E-state index in [1.807, 2.05) is 49.8 Å². The molecule has 0 bridgehead atoms. The fourth-order valence-corrected chi connectivity index (χ4v) is 2.49. The van der Waals surface area contributed by atoms with Crippen molar-refractivity contribution in [1.82, 2.24) is 4.90 Å². The third kappa shape index (κ3) is 5.10. The zero-order valence-electron chi connectivity index (χ0n) is 12.3. The molecule has 0 saturated heterocycles. The summed E-state index contributed by atoms with van der Waals surface area (Å²) in [6.07, 6.45) is 0. The molecule has 5 heteroatoms. The van der Waals surface area contributed by atoms with Gasteiger partial charge in [-0.2, -0.15) is 5.26 Å². The lowest BCUT2D eigenvalue weighted by atomic mass is 10.3. The Labute approximate surface area is 129 Å². The molecule has 0 aliphatic carbocycles. The molecule has 0 unspecified atom stereocenters. The molecule has 4 nitrogen and oxygen atoms in total. The number of ether oxygens (including phenoxy) is 1. The maximum atomic E-state index is 8.79. The Balaban J connectivity index is 1.80. The van der Waals surface area contributed by atoms with Crippen LogP contribution in [0.5, 0.6) is 5.75 Å². The van der Waals surface area contributed by atoms with Gasteiger partial charge in [0, 0.05) is 29.0 Å². The fraction of sp³-hybridized carbons (Fsp3) is 0.312. The van der Waals surface area contributed by atoms with Crippen LogP contribution >= 0.6 is 11.3 Å². The van der Waals surface area contributed by atoms with Gasteiger partial charge in [0.25, 0.3) is 0 Å². The van der Waals surface area contributed by atoms with Crippen molar-refractivity contribution in [3.05, 3.63) is 46.2 Å². The zero-order valence-corrected chi connectivity index (χ0v) is 13.1. The van der Waals surface area contributed by atoms with Crippen LogP contribution in [-0.2, 0) is 6.54 Å². The zero-order chi connectivity index (χ0) is 15.1. The number of nitrogens with zero attached hydrogens (tertiary/aromatic N) is 2. The van der Waals surface area contributed by atoms with Gasteiger partial charge in [0.05, 0.1) is 5.56 Å². The molecule has 0 aliphatic rings. The van der Waals surface area contributed by atoms with Gasteiger partial charge in [0.15, 0.2) is 0 Å². The Hall–Kier alpha value is -2.03. The van der Waals surface area contributed by atoms with Crippen LogP contribution in [-0.4, -0.2) is 32.1 Å². The molecule has 0 atom stereocenters. The van der Waals surface area contributed by atoms with Crippen LogP contribution in [0.1, 0.15) is 10.4 Å². The first-order valence-electron chi connectivity index (χ1n) is 6.76. The first-order chi connectivity index (χ1) is 10.2. The SMILES string of the molecule is CN(C)CCOc1ccc(NCc2cc(C#N)cs2)cc1. The molecule has 2 rings (SSSR count). The van der Waals surface area contributed by atoms with Gasteiger partial charge in [0.1, 0.15) is 18.4 Å². The maximum Gasteiger partial charge on any atom is 0.119 e. The van der Waals surface area contributed by atoms with Crippen molar-refractivity contribution in [2.45, 2.75) is 6.54 Å². The second-order valence-electron chi connectivity index (χ2n) is 4.94. The normalized spacial score (nSPS) is 10.4. The van der Waals surface area contributed by atoms with Gasteiger partial charge in [-0.1, -0.05) is 0 Å². The number of thiophene rings is 1. The minimum absolute atomic E-state index is 0.686. The summed E-state index contributed by atoms with van der Waals surface area (Å²) in [6, 6.07) is 12.0. The Morgan fingerprint density at radius 2 is 2.05 bits per heavy atom. The maximum absolute atomic E-state index is 8.79. The number of hydrogen-bond donors (Lipinski definition) is 1. The Morgan fingerprint density at radius 1 is 1.29 bits per heavy atom. The van der Waals surface area contributed by atoms with E-state index in [0.717, 1.165) is 35.0 Å². The van der Waals surface area contributed by atoms with Crippen LogP contribution in [0.4, 0.5) is 5.69 Å². The van der Waals surface area contributed by atoms with Crippen LogP contribution < -0.4 is 10.1 Å². The van der Waals surface area contributed by atoms with Crippen LogP contribution in [0.3, 0.4) is 0 Å². The Morgan fingerprint density at radius 3 is 2.67 bits per heavy atom. The van der Waals surface area contributed by atoms with E-state index < -0.39 is 0 Å². The van der Waals surface area contributed by atoms with Gasteiger partial charge in [-0.3, -0.25) is 0 Å². The third-order valence-electron chi connectivity index (χ3n) is 2.91. The van der Waals surface area contributed by atoms with Gasteiger partial charge >= 0.3 is 0 Å². The van der Waals surface area contributed by atoms with Crippen LogP contribution in [0.15, 0.2) is 35.7 Å². The minimum Gasteiger partial charge on any atom is -0.492 e. The Kier molecular flexibility index (Phi) is 5.61. The number of hydrogen-bond acceptors (Lipinski definition) is 5. The van der Waals surface area contributed by atoms with Crippen molar-refractivity contribution in [2.75, 3.05) is 32.6 Å². The predicted octanol–water partition coefficient (Wildman–Crippen LogP) is 3.17. The first-order valence-corrected chi connectivity index (χ1v) is 7.64. The average Bonchev–Trinajstić information content (AvgIpc) is 2.94. The molecule has 0 amide bonds. The molecule has 0 spiro atoms. The number of nitriles is 1. The molecule has 1 aromatic carbocycles. The van der Waals surface area contributed by atoms with E-state index in [4.69, 9.17) is 10.00 Å². The molecule has 0 aliphatic heterocycles. The van der Waals surface area contributed by atoms with Gasteiger partial charge in [-0.05, 0) is 44.4 Å². The molecule has 0 radical (unpaired) electrons. The van der Waals surface area contributed by atoms with E-state index >= 15 is 0 Å². The van der Waals surface area contributed by atoms with E-state index in [9.17, 15) is 0 Å². The van der Waals surface area contributed by atoms with Gasteiger partial charge < -0.3 is 15.0 Å². The van der Waals surface area contributed by atoms with E-state index in [2.05, 4.69) is 16.3 Å². The van der Waals surface area contributed by atoms with Gasteiger partial charge in [0.2, 0.25) is 0 Å². The number of likely N-dealkylation sites (N-methyl/N-ethyl adjacent to an activating group) is 1. The monoisotopic (exact) mass is 301 g/mol. The number of anilines is 1. The highest BCUT2D eigenvalue weighted by Gasteiger charge is 2.00. The molecular formula is C16H19N3OS. The topological polar surface area (TPSA) is 48.3 Å². The van der Waals surface area contributed by atoms with E-state index in [-0.39, 0.29) is 0 Å². The number of rotatable bonds is 7. The molecular weight excluding hydrogens is 282 g/mol. The van der Waals surface area contributed by atoms with Crippen molar-refractivity contribution in [1.29, 1.82) is 5.26 Å². The summed E-state index contributed by atoms with van der Waals surface area (Å²) in [4.78, 5) is 3.24. The molecule has 21 heavy (non-hydrogen) atoms. The minimum atomic E-state index is 0.686. The lowest BCUT2D eigenvalue weighted by molar-refractivity contribution is 0.261. The molecule has 0 fully saturated rings. The Bertz CT molecular complexity index is 599. The second-order valence-corrected chi connectivity index (χ2v) is 5.94. The lowest BCUT2D eigenvalue weighted by Crippen LogP contribution is -2.19. The molecule has 1 N–H and O–H groups in total. The fourth-order valence-electron chi connectivity index (χ4n) is 1.74. The third-order valence-corrected chi connectivity index (χ3v) is 3.85. The molecule has 110 valence electrons. The molecule has 2 aromatic rings. The molecule has 0 saturated carbocycles. The quantitative estimate of drug-likeness (QED) is 0.853. The highest BCUT2D eigenvalue weighted by atomic mass is 32.1. The summed E-state index contributed by atoms with van der Waals surface area (Å²) >= 11 is 1.60. The van der Waals surface area contributed by atoms with Crippen LogP contribution in [0.2, 0.25) is 0 Å². The van der Waals surface area contributed by atoms with Gasteiger partial charge in [-0.25, -0.2) is 0 Å². The van der Waals surface area contributed by atoms with Crippen molar-refractivity contribution in [3.8, 4) is 11.8 Å². The van der Waals surface area contributed by atoms with Crippen molar-refractivity contribution in [3.63, 3.8) is 0 Å². The molecule has 1 aromatic heterocycles. The van der Waals surface area contributed by atoms with Crippen molar-refractivity contribution < 1.29 is 4.74 Å². The van der Waals surface area contributed by atoms with Gasteiger partial charge in [-0.15, -0.1) is 11.3 Å². The highest BCUT2D eigenvalue weighted by Crippen LogP contribution is 2.18. The first kappa shape index (κ1) is 15.4. The van der Waals surface area contributed by atoms with Crippen molar-refractivity contribution in [2.24, 2.45) is 0 Å². The summed E-state index contributed by atoms with van der Waals surface area (Å²) in [6.45, 7) is 2.32. The summed E-state index contributed by atoms with van der Waals surface area (Å²) in [7, 11) is 4.05. The van der Waals surface area contributed by atoms with Crippen molar-refractivity contribution >= 4 is 17.0 Å². The number of benzene rings is 1. The molecule has 1 heterocycles. The van der Waals surface area contributed by atoms with E-state index in [1.54, 1.807) is 11.3 Å². The van der Waals surface area contributed by atoms with Crippen LogP contribution in [0, 0.1) is 11.3 Å². The predicted molar refractivity (Wildman–Crippen MR) is 86.9 cm³/mol. The average molecular weight is 301 g/mol. The highest BCUT2D eigenvalue weighted by molar-refractivity contribution is 7.10. The smallest absolute Gasteiger partial charge is 0.119 e. The summed E-state index contributed by atoms with van der Waals surface area (Å²) < 4.78 is 5.65. The summed E-state index contributed by atoms with van der Waals surface area (Å²) in [5.41, 5.74) is 1.77. The van der Waals surface area contributed by atoms with Crippen LogP contribution in [0.25, 0.3) is 0 Å². The summed E-state index contributed by atoms with van der Waals surface area (Å²) in [5.74, 6) is 0.880. The standard InChI is InChI=1S/C16H19N3OS/c1-19(2)7-8-20-15-5-3-14(4-6-15)18-11-16-9-13(10-17)12-21-16/h3-6,9,12,18H,7-8,11H2,1-2H3.